The summed E-state index contributed by atoms with van der Waals surface area (Å²) < 4.78 is 5.55. The molecule has 3 rings (SSSR count). The Kier molecular flexibility index (Phi) is 6.80. The van der Waals surface area contributed by atoms with Crippen LogP contribution >= 0.6 is 23.2 Å². The highest BCUT2D eigenvalue weighted by Crippen LogP contribution is 2.25. The lowest BCUT2D eigenvalue weighted by molar-refractivity contribution is -0.118. The molecule has 3 aromatic rings. The molecule has 0 unspecified atom stereocenters. The molecule has 0 radical (unpaired) electrons. The van der Waals surface area contributed by atoms with Crippen LogP contribution in [0.15, 0.2) is 66.7 Å². The van der Waals surface area contributed by atoms with Gasteiger partial charge < -0.3 is 15.4 Å². The number of carbonyl (C=O) groups excluding carboxylic acids is 1. The van der Waals surface area contributed by atoms with Crippen LogP contribution in [0.4, 0.5) is 11.4 Å². The Labute approximate surface area is 174 Å². The topological polar surface area (TPSA) is 50.4 Å². The highest BCUT2D eigenvalue weighted by Gasteiger charge is 2.05. The van der Waals surface area contributed by atoms with Crippen molar-refractivity contribution in [2.24, 2.45) is 0 Å². The summed E-state index contributed by atoms with van der Waals surface area (Å²) in [5, 5.41) is 7.14. The molecule has 0 atom stereocenters. The second-order valence-electron chi connectivity index (χ2n) is 6.33. The molecule has 0 spiro atoms. The molecular formula is C22H20Cl2N2O2. The van der Waals surface area contributed by atoms with E-state index in [0.717, 1.165) is 22.5 Å². The van der Waals surface area contributed by atoms with Crippen LogP contribution in [0.25, 0.3) is 0 Å². The van der Waals surface area contributed by atoms with Gasteiger partial charge in [0.25, 0.3) is 5.91 Å². The predicted octanol–water partition coefficient (Wildman–Crippen LogP) is 5.93. The summed E-state index contributed by atoms with van der Waals surface area (Å²) in [6.07, 6.45) is 0. The first-order valence-corrected chi connectivity index (χ1v) is 9.52. The second-order valence-corrected chi connectivity index (χ2v) is 7.15. The van der Waals surface area contributed by atoms with Gasteiger partial charge in [-0.05, 0) is 60.5 Å². The molecule has 6 heteroatoms. The summed E-state index contributed by atoms with van der Waals surface area (Å²) in [4.78, 5) is 12.0. The lowest BCUT2D eigenvalue weighted by atomic mass is 10.2. The Morgan fingerprint density at radius 1 is 0.929 bits per heavy atom. The fourth-order valence-corrected chi connectivity index (χ4v) is 2.88. The largest absolute Gasteiger partial charge is 0.484 e. The van der Waals surface area contributed by atoms with E-state index in [9.17, 15) is 4.79 Å². The van der Waals surface area contributed by atoms with Crippen molar-refractivity contribution in [3.63, 3.8) is 0 Å². The van der Waals surface area contributed by atoms with Crippen LogP contribution in [0.1, 0.15) is 11.1 Å². The Hall–Kier alpha value is -2.69. The summed E-state index contributed by atoms with van der Waals surface area (Å²) in [5.41, 5.74) is 3.81. The van der Waals surface area contributed by atoms with Gasteiger partial charge >= 0.3 is 0 Å². The van der Waals surface area contributed by atoms with Crippen LogP contribution in [-0.4, -0.2) is 12.5 Å². The number of rotatable bonds is 7. The van der Waals surface area contributed by atoms with E-state index in [-0.39, 0.29) is 12.5 Å². The van der Waals surface area contributed by atoms with Gasteiger partial charge in [-0.15, -0.1) is 0 Å². The van der Waals surface area contributed by atoms with E-state index in [1.165, 1.54) is 0 Å². The summed E-state index contributed by atoms with van der Waals surface area (Å²) in [5.74, 6) is 0.439. The molecule has 0 saturated carbocycles. The number of nitrogens with one attached hydrogen (secondary N) is 2. The number of anilines is 2. The molecule has 0 saturated heterocycles. The number of halogens is 2. The molecule has 3 aromatic carbocycles. The number of aryl methyl sites for hydroxylation is 1. The van der Waals surface area contributed by atoms with Crippen LogP contribution in [0, 0.1) is 6.92 Å². The molecular weight excluding hydrogens is 395 g/mol. The fraction of sp³-hybridized carbons (Fsp3) is 0.136. The Bertz CT molecular complexity index is 959. The highest BCUT2D eigenvalue weighted by molar-refractivity contribution is 6.42. The SMILES string of the molecule is Cc1cccc(NC(=O)COc2ccc(CNc3ccc(Cl)c(Cl)c3)cc2)c1. The minimum Gasteiger partial charge on any atom is -0.484 e. The van der Waals surface area contributed by atoms with Crippen LogP contribution in [0.3, 0.4) is 0 Å². The van der Waals surface area contributed by atoms with Gasteiger partial charge in [-0.3, -0.25) is 4.79 Å². The first-order valence-electron chi connectivity index (χ1n) is 8.77. The van der Waals surface area contributed by atoms with E-state index in [0.29, 0.717) is 22.3 Å². The van der Waals surface area contributed by atoms with E-state index in [1.807, 2.05) is 61.5 Å². The minimum absolute atomic E-state index is 0.0468. The lowest BCUT2D eigenvalue weighted by Gasteiger charge is -2.10. The first-order chi connectivity index (χ1) is 13.5. The zero-order valence-electron chi connectivity index (χ0n) is 15.3. The van der Waals surface area contributed by atoms with Crippen molar-refractivity contribution in [3.8, 4) is 5.75 Å². The Morgan fingerprint density at radius 2 is 1.71 bits per heavy atom. The van der Waals surface area contributed by atoms with Gasteiger partial charge in [0, 0.05) is 17.9 Å². The zero-order chi connectivity index (χ0) is 19.9. The molecule has 0 aromatic heterocycles. The number of amides is 1. The van der Waals surface area contributed by atoms with Gasteiger partial charge in [0.15, 0.2) is 6.61 Å². The van der Waals surface area contributed by atoms with Crippen molar-refractivity contribution in [1.29, 1.82) is 0 Å². The standard InChI is InChI=1S/C22H20Cl2N2O2/c1-15-3-2-4-18(11-15)26-22(27)14-28-19-8-5-16(6-9-19)13-25-17-7-10-20(23)21(24)12-17/h2-12,25H,13-14H2,1H3,(H,26,27). The third-order valence-electron chi connectivity index (χ3n) is 4.01. The molecule has 0 aliphatic heterocycles. The number of ether oxygens (including phenoxy) is 1. The molecule has 1 amide bonds. The molecule has 0 aliphatic rings. The van der Waals surface area contributed by atoms with Crippen LogP contribution < -0.4 is 15.4 Å². The normalized spacial score (nSPS) is 10.4. The predicted molar refractivity (Wildman–Crippen MR) is 116 cm³/mol. The average molecular weight is 415 g/mol. The van der Waals surface area contributed by atoms with E-state index in [4.69, 9.17) is 27.9 Å². The van der Waals surface area contributed by atoms with Crippen LogP contribution in [0.5, 0.6) is 5.75 Å². The summed E-state index contributed by atoms with van der Waals surface area (Å²) in [7, 11) is 0. The van der Waals surface area contributed by atoms with E-state index >= 15 is 0 Å². The summed E-state index contributed by atoms with van der Waals surface area (Å²) in [6.45, 7) is 2.56. The number of hydrogen-bond donors (Lipinski definition) is 2. The number of hydrogen-bond acceptors (Lipinski definition) is 3. The van der Waals surface area contributed by atoms with Crippen molar-refractivity contribution in [2.75, 3.05) is 17.2 Å². The monoisotopic (exact) mass is 414 g/mol. The maximum atomic E-state index is 12.0. The fourth-order valence-electron chi connectivity index (χ4n) is 2.58. The van der Waals surface area contributed by atoms with Gasteiger partial charge in [0.2, 0.25) is 0 Å². The molecule has 2 N–H and O–H groups in total. The summed E-state index contributed by atoms with van der Waals surface area (Å²) >= 11 is 11.9. The zero-order valence-corrected chi connectivity index (χ0v) is 16.8. The Balaban J connectivity index is 1.47. The quantitative estimate of drug-likeness (QED) is 0.503. The van der Waals surface area contributed by atoms with Crippen molar-refractivity contribution in [1.82, 2.24) is 0 Å². The van der Waals surface area contributed by atoms with E-state index in [2.05, 4.69) is 10.6 Å². The molecule has 28 heavy (non-hydrogen) atoms. The number of carbonyl (C=O) groups is 1. The molecule has 0 fully saturated rings. The molecule has 0 bridgehead atoms. The van der Waals surface area contributed by atoms with Crippen molar-refractivity contribution < 1.29 is 9.53 Å². The van der Waals surface area contributed by atoms with Crippen molar-refractivity contribution >= 4 is 40.5 Å². The van der Waals surface area contributed by atoms with Gasteiger partial charge in [-0.25, -0.2) is 0 Å². The van der Waals surface area contributed by atoms with Crippen molar-refractivity contribution in [3.05, 3.63) is 87.9 Å². The van der Waals surface area contributed by atoms with Gasteiger partial charge in [0.05, 0.1) is 10.0 Å². The highest BCUT2D eigenvalue weighted by atomic mass is 35.5. The second kappa shape index (κ2) is 9.49. The molecule has 4 nitrogen and oxygen atoms in total. The minimum atomic E-state index is -0.198. The van der Waals surface area contributed by atoms with Gasteiger partial charge in [-0.2, -0.15) is 0 Å². The molecule has 0 heterocycles. The third-order valence-corrected chi connectivity index (χ3v) is 4.75. The molecule has 0 aliphatic carbocycles. The maximum Gasteiger partial charge on any atom is 0.262 e. The smallest absolute Gasteiger partial charge is 0.262 e. The lowest BCUT2D eigenvalue weighted by Crippen LogP contribution is -2.20. The van der Waals surface area contributed by atoms with Crippen LogP contribution in [-0.2, 0) is 11.3 Å². The average Bonchev–Trinajstić information content (AvgIpc) is 2.68. The summed E-state index contributed by atoms with van der Waals surface area (Å²) in [6, 6.07) is 20.6. The molecule has 144 valence electrons. The van der Waals surface area contributed by atoms with Crippen LogP contribution in [0.2, 0.25) is 10.0 Å². The van der Waals surface area contributed by atoms with Gasteiger partial charge in [0.1, 0.15) is 5.75 Å². The number of benzene rings is 3. The maximum absolute atomic E-state index is 12.0. The first kappa shape index (κ1) is 20.1. The van der Waals surface area contributed by atoms with Gasteiger partial charge in [-0.1, -0.05) is 47.5 Å². The van der Waals surface area contributed by atoms with E-state index < -0.39 is 0 Å². The van der Waals surface area contributed by atoms with Crippen molar-refractivity contribution in [2.45, 2.75) is 13.5 Å². The third kappa shape index (κ3) is 5.91. The van der Waals surface area contributed by atoms with E-state index in [1.54, 1.807) is 12.1 Å². The Morgan fingerprint density at radius 3 is 2.43 bits per heavy atom.